The molecule has 0 atom stereocenters. The summed E-state index contributed by atoms with van der Waals surface area (Å²) in [6, 6.07) is 1.42. The zero-order valence-corrected chi connectivity index (χ0v) is 9.09. The van der Waals surface area contributed by atoms with E-state index in [-0.39, 0.29) is 4.90 Å². The van der Waals surface area contributed by atoms with Crippen molar-refractivity contribution in [1.82, 2.24) is 9.87 Å². The van der Waals surface area contributed by atoms with E-state index in [0.29, 0.717) is 4.47 Å². The molecule has 0 unspecified atom stereocenters. The Morgan fingerprint density at radius 1 is 1.54 bits per heavy atom. The molecule has 1 N–H and O–H groups in total. The minimum absolute atomic E-state index is 0.0451. The predicted octanol–water partition coefficient (Wildman–Crippen LogP) is 0.684. The summed E-state index contributed by atoms with van der Waals surface area (Å²) in [5.41, 5.74) is 0. The molecule has 0 spiro atoms. The van der Waals surface area contributed by atoms with E-state index < -0.39 is 10.0 Å². The lowest BCUT2D eigenvalue weighted by Crippen LogP contribution is -2.22. The van der Waals surface area contributed by atoms with Gasteiger partial charge in [-0.2, -0.15) is 0 Å². The van der Waals surface area contributed by atoms with E-state index in [0.717, 1.165) is 0 Å². The van der Waals surface area contributed by atoms with Crippen LogP contribution in [0, 0.1) is 0 Å². The monoisotopic (exact) mass is 266 g/mol. The Balaban J connectivity index is 3.08. The van der Waals surface area contributed by atoms with Gasteiger partial charge in [0.1, 0.15) is 4.90 Å². The average Bonchev–Trinajstić information content (AvgIpc) is 2.04. The van der Waals surface area contributed by atoms with Crippen LogP contribution < -0.4 is 4.89 Å². The molecule has 0 fully saturated rings. The van der Waals surface area contributed by atoms with E-state index in [1.807, 2.05) is 4.89 Å². The van der Waals surface area contributed by atoms with Gasteiger partial charge in [0.05, 0.1) is 7.11 Å². The molecule has 0 aliphatic rings. The summed E-state index contributed by atoms with van der Waals surface area (Å²) < 4.78 is 23.2. The zero-order valence-electron chi connectivity index (χ0n) is 6.69. The van der Waals surface area contributed by atoms with Gasteiger partial charge in [-0.25, -0.2) is 8.42 Å². The molecule has 72 valence electrons. The number of nitrogens with one attached hydrogen (secondary N) is 1. The number of pyridine rings is 1. The Bertz CT molecular complexity index is 393. The van der Waals surface area contributed by atoms with Crippen LogP contribution in [0.1, 0.15) is 0 Å². The first kappa shape index (κ1) is 10.6. The van der Waals surface area contributed by atoms with E-state index in [1.54, 1.807) is 0 Å². The molecule has 1 aromatic heterocycles. The predicted molar refractivity (Wildman–Crippen MR) is 49.3 cm³/mol. The lowest BCUT2D eigenvalue weighted by Gasteiger charge is -2.02. The van der Waals surface area contributed by atoms with Gasteiger partial charge in [0.15, 0.2) is 0 Å². The molecule has 0 bridgehead atoms. The van der Waals surface area contributed by atoms with Crippen molar-refractivity contribution in [2.45, 2.75) is 4.90 Å². The first-order chi connectivity index (χ1) is 6.06. The van der Waals surface area contributed by atoms with Crippen molar-refractivity contribution in [3.05, 3.63) is 22.9 Å². The van der Waals surface area contributed by atoms with Crippen molar-refractivity contribution >= 4 is 26.0 Å². The Kier molecular flexibility index (Phi) is 3.37. The lowest BCUT2D eigenvalue weighted by molar-refractivity contribution is 0.153. The van der Waals surface area contributed by atoms with E-state index >= 15 is 0 Å². The fourth-order valence-electron chi connectivity index (χ4n) is 0.697. The lowest BCUT2D eigenvalue weighted by atomic mass is 10.5. The maximum absolute atomic E-state index is 11.3. The number of hydrogen-bond donors (Lipinski definition) is 1. The van der Waals surface area contributed by atoms with Crippen molar-refractivity contribution in [1.29, 1.82) is 0 Å². The summed E-state index contributed by atoms with van der Waals surface area (Å²) in [6.45, 7) is 0. The first-order valence-corrected chi connectivity index (χ1v) is 5.49. The Hall–Kier alpha value is -0.500. The Morgan fingerprint density at radius 2 is 2.23 bits per heavy atom. The molecule has 7 heteroatoms. The fourth-order valence-corrected chi connectivity index (χ4v) is 2.01. The number of halogens is 1. The molecule has 0 aromatic carbocycles. The Labute approximate surface area is 84.3 Å². The molecule has 5 nitrogen and oxygen atoms in total. The first-order valence-electron chi connectivity index (χ1n) is 3.21. The van der Waals surface area contributed by atoms with Crippen LogP contribution in [0.2, 0.25) is 0 Å². The van der Waals surface area contributed by atoms with Crippen molar-refractivity contribution in [2.75, 3.05) is 7.11 Å². The second-order valence-electron chi connectivity index (χ2n) is 2.13. The van der Waals surface area contributed by atoms with Crippen LogP contribution in [0.4, 0.5) is 0 Å². The van der Waals surface area contributed by atoms with Crippen molar-refractivity contribution in [3.8, 4) is 0 Å². The quantitative estimate of drug-likeness (QED) is 0.818. The van der Waals surface area contributed by atoms with Gasteiger partial charge < -0.3 is 0 Å². The van der Waals surface area contributed by atoms with Gasteiger partial charge in [0.25, 0.3) is 10.0 Å². The molecule has 13 heavy (non-hydrogen) atoms. The van der Waals surface area contributed by atoms with Crippen LogP contribution in [-0.2, 0) is 14.9 Å². The highest BCUT2D eigenvalue weighted by Crippen LogP contribution is 2.13. The molecule has 0 radical (unpaired) electrons. The average molecular weight is 267 g/mol. The van der Waals surface area contributed by atoms with Gasteiger partial charge in [-0.3, -0.25) is 9.82 Å². The summed E-state index contributed by atoms with van der Waals surface area (Å²) in [5, 5.41) is 0. The van der Waals surface area contributed by atoms with Crippen LogP contribution >= 0.6 is 15.9 Å². The van der Waals surface area contributed by atoms with E-state index in [1.165, 1.54) is 25.6 Å². The van der Waals surface area contributed by atoms with Gasteiger partial charge >= 0.3 is 0 Å². The van der Waals surface area contributed by atoms with E-state index in [9.17, 15) is 8.42 Å². The third-order valence-electron chi connectivity index (χ3n) is 1.18. The summed E-state index contributed by atoms with van der Waals surface area (Å²) >= 11 is 3.11. The van der Waals surface area contributed by atoms with Crippen molar-refractivity contribution < 1.29 is 13.3 Å². The van der Waals surface area contributed by atoms with E-state index in [4.69, 9.17) is 0 Å². The molecule has 1 aromatic rings. The standard InChI is InChI=1S/C6H7BrN2O3S/c1-12-9-13(10,11)6-2-5(7)3-8-4-6/h2-4,9H,1H3. The highest BCUT2D eigenvalue weighted by Gasteiger charge is 2.13. The van der Waals surface area contributed by atoms with Crippen LogP contribution in [0.25, 0.3) is 0 Å². The normalized spacial score (nSPS) is 11.5. The molecule has 0 saturated carbocycles. The van der Waals surface area contributed by atoms with Crippen LogP contribution in [-0.4, -0.2) is 20.5 Å². The SMILES string of the molecule is CONS(=O)(=O)c1cncc(Br)c1. The van der Waals surface area contributed by atoms with E-state index in [2.05, 4.69) is 25.8 Å². The topological polar surface area (TPSA) is 68.3 Å². The third-order valence-corrected chi connectivity index (χ3v) is 2.85. The summed E-state index contributed by atoms with van der Waals surface area (Å²) in [4.78, 5) is 9.95. The number of rotatable bonds is 3. The van der Waals surface area contributed by atoms with Gasteiger partial charge in [0, 0.05) is 16.9 Å². The maximum atomic E-state index is 11.3. The summed E-state index contributed by atoms with van der Waals surface area (Å²) in [6.07, 6.45) is 2.72. The van der Waals surface area contributed by atoms with Gasteiger partial charge in [-0.05, 0) is 22.0 Å². The Morgan fingerprint density at radius 3 is 2.77 bits per heavy atom. The van der Waals surface area contributed by atoms with Crippen LogP contribution in [0.15, 0.2) is 27.8 Å². The second-order valence-corrected chi connectivity index (χ2v) is 4.69. The molecule has 1 rings (SSSR count). The minimum atomic E-state index is -3.60. The molecule has 1 heterocycles. The molecule has 0 amide bonds. The maximum Gasteiger partial charge on any atom is 0.264 e. The summed E-state index contributed by atoms with van der Waals surface area (Å²) in [7, 11) is -2.37. The summed E-state index contributed by atoms with van der Waals surface area (Å²) in [5.74, 6) is 0. The third kappa shape index (κ3) is 2.73. The highest BCUT2D eigenvalue weighted by atomic mass is 79.9. The van der Waals surface area contributed by atoms with Gasteiger partial charge in [0.2, 0.25) is 0 Å². The number of sulfonamides is 1. The molecular formula is C6H7BrN2O3S. The van der Waals surface area contributed by atoms with Gasteiger partial charge in [-0.15, -0.1) is 0 Å². The van der Waals surface area contributed by atoms with Crippen molar-refractivity contribution in [3.63, 3.8) is 0 Å². The molecular weight excluding hydrogens is 260 g/mol. The number of nitrogens with zero attached hydrogens (tertiary/aromatic N) is 1. The largest absolute Gasteiger partial charge is 0.290 e. The van der Waals surface area contributed by atoms with Gasteiger partial charge in [-0.1, -0.05) is 4.89 Å². The number of aromatic nitrogens is 1. The minimum Gasteiger partial charge on any atom is -0.290 e. The molecule has 0 saturated heterocycles. The molecule has 0 aliphatic heterocycles. The van der Waals surface area contributed by atoms with Crippen LogP contribution in [0.3, 0.4) is 0 Å². The smallest absolute Gasteiger partial charge is 0.264 e. The highest BCUT2D eigenvalue weighted by molar-refractivity contribution is 9.10. The fraction of sp³-hybridized carbons (Fsp3) is 0.167. The van der Waals surface area contributed by atoms with Crippen LogP contribution in [0.5, 0.6) is 0 Å². The zero-order chi connectivity index (χ0) is 9.90. The number of hydrogen-bond acceptors (Lipinski definition) is 4. The van der Waals surface area contributed by atoms with Crippen molar-refractivity contribution in [2.24, 2.45) is 0 Å². The molecule has 0 aliphatic carbocycles. The second kappa shape index (κ2) is 4.14.